The average Bonchev–Trinajstić information content (AvgIpc) is 2.70. The molecule has 0 aromatic heterocycles. The quantitative estimate of drug-likeness (QED) is 0.159. The van der Waals surface area contributed by atoms with Crippen LogP contribution < -0.4 is 5.73 Å². The van der Waals surface area contributed by atoms with Crippen LogP contribution in [0.3, 0.4) is 0 Å². The second-order valence-corrected chi connectivity index (χ2v) is 10.7. The van der Waals surface area contributed by atoms with E-state index in [0.29, 0.717) is 6.04 Å². The zero-order chi connectivity index (χ0) is 21.1. The molecule has 5 nitrogen and oxygen atoms in total. The standard InChI is InChI=1S/C22H45NO4Si/c1-5-6-7-8-9-10-11-12-13-14-15-16-18-21(22(23)24)19-17-20-28(25-2,26-3)27-4/h10-11,21H,5-9,12-20H2,1-4H3,(H2,23,24). The minimum absolute atomic E-state index is 0.0553. The Balaban J connectivity index is 3.82. The number of unbranched alkanes of at least 4 members (excludes halogenated alkanes) is 8. The number of carbonyl (C=O) groups excluding carboxylic acids is 1. The van der Waals surface area contributed by atoms with Gasteiger partial charge in [-0.1, -0.05) is 57.6 Å². The summed E-state index contributed by atoms with van der Waals surface area (Å²) in [5.74, 6) is -0.245. The maximum Gasteiger partial charge on any atom is 0.500 e. The van der Waals surface area contributed by atoms with Gasteiger partial charge in [0.1, 0.15) is 0 Å². The molecule has 28 heavy (non-hydrogen) atoms. The summed E-state index contributed by atoms with van der Waals surface area (Å²) in [5.41, 5.74) is 5.59. The van der Waals surface area contributed by atoms with Crippen LogP contribution in [0.5, 0.6) is 0 Å². The van der Waals surface area contributed by atoms with Gasteiger partial charge in [-0.15, -0.1) is 0 Å². The molecule has 0 aromatic rings. The fraction of sp³-hybridized carbons (Fsp3) is 0.864. The average molecular weight is 416 g/mol. The molecule has 166 valence electrons. The molecule has 0 saturated heterocycles. The number of primary amides is 1. The molecule has 0 aromatic carbocycles. The molecule has 0 spiro atoms. The Bertz CT molecular complexity index is 392. The number of rotatable bonds is 20. The van der Waals surface area contributed by atoms with Gasteiger partial charge in [0, 0.05) is 33.3 Å². The molecular formula is C22H45NO4Si. The maximum absolute atomic E-state index is 11.7. The first-order valence-corrected chi connectivity index (χ1v) is 13.1. The molecule has 0 radical (unpaired) electrons. The summed E-state index contributed by atoms with van der Waals surface area (Å²) in [4.78, 5) is 11.7. The minimum atomic E-state index is -2.55. The maximum atomic E-state index is 11.7. The molecule has 1 unspecified atom stereocenters. The lowest BCUT2D eigenvalue weighted by Crippen LogP contribution is -2.42. The number of nitrogens with two attached hydrogens (primary N) is 1. The van der Waals surface area contributed by atoms with Gasteiger partial charge in [-0.25, -0.2) is 0 Å². The van der Waals surface area contributed by atoms with Gasteiger partial charge in [0.15, 0.2) is 0 Å². The summed E-state index contributed by atoms with van der Waals surface area (Å²) in [6.07, 6.45) is 19.6. The minimum Gasteiger partial charge on any atom is -0.377 e. The van der Waals surface area contributed by atoms with E-state index in [1.165, 1.54) is 57.8 Å². The molecule has 1 amide bonds. The van der Waals surface area contributed by atoms with Crippen LogP contribution in [0, 0.1) is 5.92 Å². The predicted molar refractivity (Wildman–Crippen MR) is 119 cm³/mol. The summed E-state index contributed by atoms with van der Waals surface area (Å²) in [6.45, 7) is 2.25. The van der Waals surface area contributed by atoms with Gasteiger partial charge < -0.3 is 19.0 Å². The molecule has 0 bridgehead atoms. The molecule has 0 saturated carbocycles. The Morgan fingerprint density at radius 3 is 1.82 bits per heavy atom. The largest absolute Gasteiger partial charge is 0.500 e. The first-order valence-electron chi connectivity index (χ1n) is 11.1. The van der Waals surface area contributed by atoms with Crippen LogP contribution in [-0.4, -0.2) is 36.0 Å². The van der Waals surface area contributed by atoms with E-state index in [1.54, 1.807) is 21.3 Å². The molecule has 0 aliphatic heterocycles. The van der Waals surface area contributed by atoms with Crippen molar-refractivity contribution >= 4 is 14.7 Å². The number of hydrogen-bond donors (Lipinski definition) is 1. The van der Waals surface area contributed by atoms with Crippen molar-refractivity contribution < 1.29 is 18.1 Å². The van der Waals surface area contributed by atoms with E-state index in [-0.39, 0.29) is 11.8 Å². The molecule has 1 atom stereocenters. The van der Waals surface area contributed by atoms with E-state index in [2.05, 4.69) is 19.1 Å². The monoisotopic (exact) mass is 415 g/mol. The van der Waals surface area contributed by atoms with E-state index in [4.69, 9.17) is 19.0 Å². The summed E-state index contributed by atoms with van der Waals surface area (Å²) in [6, 6.07) is 0.713. The molecule has 0 rings (SSSR count). The molecule has 0 aliphatic carbocycles. The third kappa shape index (κ3) is 13.5. The number of hydrogen-bond acceptors (Lipinski definition) is 4. The third-order valence-electron chi connectivity index (χ3n) is 5.44. The lowest BCUT2D eigenvalue weighted by Gasteiger charge is -2.24. The van der Waals surface area contributed by atoms with E-state index in [0.717, 1.165) is 25.7 Å². The highest BCUT2D eigenvalue weighted by molar-refractivity contribution is 6.60. The Hall–Kier alpha value is -0.693. The van der Waals surface area contributed by atoms with Crippen LogP contribution in [0.4, 0.5) is 0 Å². The summed E-state index contributed by atoms with van der Waals surface area (Å²) < 4.78 is 16.3. The van der Waals surface area contributed by atoms with Crippen LogP contribution >= 0.6 is 0 Å². The second-order valence-electron chi connectivity index (χ2n) is 7.60. The van der Waals surface area contributed by atoms with E-state index in [9.17, 15) is 4.79 Å². The summed E-state index contributed by atoms with van der Waals surface area (Å²) in [5, 5.41) is 0. The highest BCUT2D eigenvalue weighted by atomic mass is 28.4. The fourth-order valence-electron chi connectivity index (χ4n) is 3.48. The van der Waals surface area contributed by atoms with E-state index in [1.807, 2.05) is 0 Å². The van der Waals surface area contributed by atoms with Crippen molar-refractivity contribution in [3.8, 4) is 0 Å². The van der Waals surface area contributed by atoms with Gasteiger partial charge in [0.2, 0.25) is 5.91 Å². The van der Waals surface area contributed by atoms with Gasteiger partial charge in [-0.3, -0.25) is 4.79 Å². The predicted octanol–water partition coefficient (Wildman–Crippen LogP) is 5.61. The molecule has 0 heterocycles. The van der Waals surface area contributed by atoms with Crippen LogP contribution in [0.2, 0.25) is 6.04 Å². The topological polar surface area (TPSA) is 70.8 Å². The van der Waals surface area contributed by atoms with Crippen LogP contribution in [0.25, 0.3) is 0 Å². The van der Waals surface area contributed by atoms with Crippen molar-refractivity contribution in [1.29, 1.82) is 0 Å². The third-order valence-corrected chi connectivity index (χ3v) is 8.27. The zero-order valence-electron chi connectivity index (χ0n) is 18.8. The lowest BCUT2D eigenvalue weighted by atomic mass is 9.95. The van der Waals surface area contributed by atoms with Gasteiger partial charge in [0.05, 0.1) is 0 Å². The lowest BCUT2D eigenvalue weighted by molar-refractivity contribution is -0.122. The van der Waals surface area contributed by atoms with Crippen molar-refractivity contribution in [3.63, 3.8) is 0 Å². The first kappa shape index (κ1) is 27.3. The van der Waals surface area contributed by atoms with Crippen molar-refractivity contribution in [1.82, 2.24) is 0 Å². The smallest absolute Gasteiger partial charge is 0.377 e. The van der Waals surface area contributed by atoms with Crippen LogP contribution in [-0.2, 0) is 18.1 Å². The summed E-state index contributed by atoms with van der Waals surface area (Å²) >= 11 is 0. The molecule has 0 fully saturated rings. The Morgan fingerprint density at radius 2 is 1.32 bits per heavy atom. The molecule has 6 heteroatoms. The summed E-state index contributed by atoms with van der Waals surface area (Å²) in [7, 11) is 2.31. The Morgan fingerprint density at radius 1 is 0.821 bits per heavy atom. The highest BCUT2D eigenvalue weighted by Gasteiger charge is 2.37. The van der Waals surface area contributed by atoms with Gasteiger partial charge in [0.25, 0.3) is 0 Å². The van der Waals surface area contributed by atoms with E-state index < -0.39 is 8.80 Å². The van der Waals surface area contributed by atoms with Gasteiger partial charge in [-0.2, -0.15) is 0 Å². The van der Waals surface area contributed by atoms with Crippen LogP contribution in [0.15, 0.2) is 12.2 Å². The Labute approximate surface area is 174 Å². The number of allylic oxidation sites excluding steroid dienone is 2. The van der Waals surface area contributed by atoms with Crippen molar-refractivity contribution in [2.45, 2.75) is 96.4 Å². The molecule has 0 aliphatic rings. The fourth-order valence-corrected chi connectivity index (χ4v) is 5.23. The van der Waals surface area contributed by atoms with Gasteiger partial charge in [-0.05, 0) is 44.9 Å². The first-order chi connectivity index (χ1) is 13.5. The van der Waals surface area contributed by atoms with Crippen molar-refractivity contribution in [2.75, 3.05) is 21.3 Å². The Kier molecular flexibility index (Phi) is 17.9. The van der Waals surface area contributed by atoms with Gasteiger partial charge >= 0.3 is 8.80 Å². The van der Waals surface area contributed by atoms with Crippen molar-refractivity contribution in [2.24, 2.45) is 11.7 Å². The molecular weight excluding hydrogens is 370 g/mol. The van der Waals surface area contributed by atoms with Crippen LogP contribution in [0.1, 0.15) is 90.4 Å². The second kappa shape index (κ2) is 18.3. The number of amides is 1. The zero-order valence-corrected chi connectivity index (χ0v) is 19.8. The number of carbonyl (C=O) groups is 1. The highest BCUT2D eigenvalue weighted by Crippen LogP contribution is 2.22. The molecule has 2 N–H and O–H groups in total. The van der Waals surface area contributed by atoms with E-state index >= 15 is 0 Å². The normalized spacial score (nSPS) is 13.3. The SMILES string of the molecule is CCCCCCC=CCCCCCCC(CCC[Si](OC)(OC)OC)C(N)=O. The van der Waals surface area contributed by atoms with Crippen molar-refractivity contribution in [3.05, 3.63) is 12.2 Å².